The van der Waals surface area contributed by atoms with Crippen LogP contribution in [0, 0.1) is 5.82 Å². The zero-order valence-corrected chi connectivity index (χ0v) is 24.9. The number of pyridine rings is 1. The molecule has 2 aliphatic heterocycles. The number of benzene rings is 1. The second-order valence-corrected chi connectivity index (χ2v) is 11.4. The van der Waals surface area contributed by atoms with Crippen molar-refractivity contribution in [3.8, 4) is 11.1 Å². The van der Waals surface area contributed by atoms with E-state index in [-0.39, 0.29) is 29.4 Å². The van der Waals surface area contributed by atoms with Crippen molar-refractivity contribution in [1.82, 2.24) is 19.9 Å². The molecular formula is C30H35F4N7O3. The van der Waals surface area contributed by atoms with Gasteiger partial charge in [-0.3, -0.25) is 14.5 Å². The lowest BCUT2D eigenvalue weighted by molar-refractivity contribution is -0.138. The molecule has 236 valence electrons. The van der Waals surface area contributed by atoms with Crippen LogP contribution in [0.4, 0.5) is 34.9 Å². The van der Waals surface area contributed by atoms with Crippen LogP contribution in [-0.4, -0.2) is 84.3 Å². The number of nitrogens with zero attached hydrogens (tertiary/aromatic N) is 5. The SMILES string of the molecule is CC1CN(c2cc(F)c(-c3cnc(N(C)C4CCOCC4)nc3)cc2NC(=O)c2c[nH]c(=O)cc2C(F)(F)F)CC(C)N1C. The fourth-order valence-electron chi connectivity index (χ4n) is 5.71. The zero-order valence-electron chi connectivity index (χ0n) is 24.9. The van der Waals surface area contributed by atoms with Gasteiger partial charge in [-0.05, 0) is 45.9 Å². The number of alkyl halides is 3. The molecule has 44 heavy (non-hydrogen) atoms. The molecule has 0 saturated carbocycles. The highest BCUT2D eigenvalue weighted by Crippen LogP contribution is 2.37. The summed E-state index contributed by atoms with van der Waals surface area (Å²) in [5, 5.41) is 2.56. The fourth-order valence-corrected chi connectivity index (χ4v) is 5.71. The van der Waals surface area contributed by atoms with Crippen molar-refractivity contribution in [3.63, 3.8) is 0 Å². The van der Waals surface area contributed by atoms with E-state index in [9.17, 15) is 22.8 Å². The molecule has 1 amide bonds. The summed E-state index contributed by atoms with van der Waals surface area (Å²) >= 11 is 0. The molecule has 5 rings (SSSR count). The quantitative estimate of drug-likeness (QED) is 0.393. The highest BCUT2D eigenvalue weighted by atomic mass is 19.4. The first-order valence-corrected chi connectivity index (χ1v) is 14.4. The number of anilines is 3. The Labute approximate surface area is 252 Å². The molecule has 0 radical (unpaired) electrons. The molecule has 2 saturated heterocycles. The van der Waals surface area contributed by atoms with Gasteiger partial charge in [0.2, 0.25) is 11.5 Å². The number of halogens is 4. The number of aromatic amines is 1. The summed E-state index contributed by atoms with van der Waals surface area (Å²) in [7, 11) is 3.87. The molecule has 0 spiro atoms. The number of hydrogen-bond donors (Lipinski definition) is 2. The molecule has 3 aromatic rings. The molecular weight excluding hydrogens is 582 g/mol. The first-order chi connectivity index (χ1) is 20.8. The smallest absolute Gasteiger partial charge is 0.381 e. The summed E-state index contributed by atoms with van der Waals surface area (Å²) in [5.41, 5.74) is -2.31. The predicted octanol–water partition coefficient (Wildman–Crippen LogP) is 4.39. The third-order valence-electron chi connectivity index (χ3n) is 8.51. The number of amides is 1. The van der Waals surface area contributed by atoms with E-state index in [2.05, 4.69) is 25.2 Å². The van der Waals surface area contributed by atoms with Crippen molar-refractivity contribution in [2.24, 2.45) is 0 Å². The average Bonchev–Trinajstić information content (AvgIpc) is 3.00. The summed E-state index contributed by atoms with van der Waals surface area (Å²) in [5.74, 6) is -1.25. The fraction of sp³-hybridized carbons (Fsp3) is 0.467. The van der Waals surface area contributed by atoms with Crippen LogP contribution in [-0.2, 0) is 10.9 Å². The van der Waals surface area contributed by atoms with Crippen LogP contribution in [0.3, 0.4) is 0 Å². The van der Waals surface area contributed by atoms with Crippen LogP contribution in [0.15, 0.2) is 41.6 Å². The lowest BCUT2D eigenvalue weighted by Gasteiger charge is -2.44. The minimum Gasteiger partial charge on any atom is -0.381 e. The Morgan fingerprint density at radius 3 is 2.34 bits per heavy atom. The molecule has 2 atom stereocenters. The molecule has 2 N–H and O–H groups in total. The third kappa shape index (κ3) is 6.55. The number of carbonyl (C=O) groups is 1. The number of likely N-dealkylation sites (N-methyl/N-ethyl adjacent to an activating group) is 1. The van der Waals surface area contributed by atoms with Crippen LogP contribution >= 0.6 is 0 Å². The monoisotopic (exact) mass is 617 g/mol. The number of carbonyl (C=O) groups excluding carboxylic acids is 1. The van der Waals surface area contributed by atoms with Gasteiger partial charge >= 0.3 is 6.18 Å². The maximum absolute atomic E-state index is 15.8. The molecule has 1 aromatic carbocycles. The van der Waals surface area contributed by atoms with Crippen molar-refractivity contribution in [2.45, 2.75) is 51.0 Å². The van der Waals surface area contributed by atoms with Crippen LogP contribution < -0.4 is 20.7 Å². The summed E-state index contributed by atoms with van der Waals surface area (Å²) in [6.07, 6.45) is 0.394. The molecule has 2 fully saturated rings. The Morgan fingerprint density at radius 1 is 1.09 bits per heavy atom. The number of H-pyrrole nitrogens is 1. The summed E-state index contributed by atoms with van der Waals surface area (Å²) in [4.78, 5) is 42.0. The Balaban J connectivity index is 1.53. The molecule has 0 bridgehead atoms. The van der Waals surface area contributed by atoms with E-state index in [1.54, 1.807) is 0 Å². The third-order valence-corrected chi connectivity index (χ3v) is 8.51. The number of rotatable bonds is 6. The van der Waals surface area contributed by atoms with Crippen LogP contribution in [0.1, 0.15) is 42.6 Å². The Hall–Kier alpha value is -4.04. The summed E-state index contributed by atoms with van der Waals surface area (Å²) < 4.78 is 62.5. The minimum atomic E-state index is -4.95. The van der Waals surface area contributed by atoms with Crippen molar-refractivity contribution in [3.05, 3.63) is 64.1 Å². The van der Waals surface area contributed by atoms with E-state index < -0.39 is 34.6 Å². The topological polar surface area (TPSA) is 107 Å². The van der Waals surface area contributed by atoms with Crippen molar-refractivity contribution in [1.29, 1.82) is 0 Å². The van der Waals surface area contributed by atoms with Crippen LogP contribution in [0.5, 0.6) is 0 Å². The van der Waals surface area contributed by atoms with Gasteiger partial charge in [-0.2, -0.15) is 13.2 Å². The Bertz CT molecular complexity index is 1550. The van der Waals surface area contributed by atoms with Crippen LogP contribution in [0.2, 0.25) is 0 Å². The van der Waals surface area contributed by atoms with Crippen molar-refractivity contribution < 1.29 is 27.1 Å². The molecule has 2 aliphatic rings. The molecule has 4 heterocycles. The first-order valence-electron chi connectivity index (χ1n) is 14.4. The number of hydrogen-bond acceptors (Lipinski definition) is 8. The minimum absolute atomic E-state index is 0.0667. The van der Waals surface area contributed by atoms with E-state index in [4.69, 9.17) is 4.74 Å². The number of piperazine rings is 1. The van der Waals surface area contributed by atoms with E-state index in [0.29, 0.717) is 49.6 Å². The number of ether oxygens (including phenoxy) is 1. The van der Waals surface area contributed by atoms with E-state index in [0.717, 1.165) is 19.0 Å². The predicted molar refractivity (Wildman–Crippen MR) is 159 cm³/mol. The van der Waals surface area contributed by atoms with Gasteiger partial charge in [0, 0.05) is 87.3 Å². The first kappa shape index (κ1) is 31.4. The maximum Gasteiger partial charge on any atom is 0.417 e. The second kappa shape index (κ2) is 12.5. The molecule has 2 unspecified atom stereocenters. The van der Waals surface area contributed by atoms with Crippen molar-refractivity contribution in [2.75, 3.05) is 55.5 Å². The van der Waals surface area contributed by atoms with Crippen molar-refractivity contribution >= 4 is 23.2 Å². The number of nitrogens with one attached hydrogen (secondary N) is 2. The van der Waals surface area contributed by atoms with Gasteiger partial charge in [-0.15, -0.1) is 0 Å². The van der Waals surface area contributed by atoms with Gasteiger partial charge < -0.3 is 24.8 Å². The number of aromatic nitrogens is 3. The second-order valence-electron chi connectivity index (χ2n) is 11.4. The summed E-state index contributed by atoms with van der Waals surface area (Å²) in [6, 6.07) is 3.36. The highest BCUT2D eigenvalue weighted by molar-refractivity contribution is 6.07. The van der Waals surface area contributed by atoms with Crippen LogP contribution in [0.25, 0.3) is 11.1 Å². The Morgan fingerprint density at radius 2 is 1.73 bits per heavy atom. The van der Waals surface area contributed by atoms with Gasteiger partial charge in [0.1, 0.15) is 5.82 Å². The van der Waals surface area contributed by atoms with Gasteiger partial charge in [-0.25, -0.2) is 14.4 Å². The molecule has 2 aromatic heterocycles. The average molecular weight is 618 g/mol. The van der Waals surface area contributed by atoms with Gasteiger partial charge in [0.25, 0.3) is 5.91 Å². The van der Waals surface area contributed by atoms with Gasteiger partial charge in [0.05, 0.1) is 22.5 Å². The van der Waals surface area contributed by atoms with E-state index >= 15 is 4.39 Å². The van der Waals surface area contributed by atoms with E-state index in [1.807, 2.05) is 37.7 Å². The lowest BCUT2D eigenvalue weighted by Crippen LogP contribution is -2.55. The van der Waals surface area contributed by atoms with Gasteiger partial charge in [0.15, 0.2) is 0 Å². The highest BCUT2D eigenvalue weighted by Gasteiger charge is 2.36. The maximum atomic E-state index is 15.8. The Kier molecular flexibility index (Phi) is 8.93. The van der Waals surface area contributed by atoms with Gasteiger partial charge in [-0.1, -0.05) is 0 Å². The molecule has 14 heteroatoms. The molecule has 10 nitrogen and oxygen atoms in total. The summed E-state index contributed by atoms with van der Waals surface area (Å²) in [6.45, 7) is 6.30. The largest absolute Gasteiger partial charge is 0.417 e. The van der Waals surface area contributed by atoms with E-state index in [1.165, 1.54) is 24.5 Å². The normalized spacial score (nSPS) is 20.0. The lowest BCUT2D eigenvalue weighted by atomic mass is 10.0. The standard InChI is InChI=1S/C30H35F4N7O3/c1-17-15-41(16-18(2)39(17)3)26-11-24(31)21(19-12-36-29(37-13-19)40(4)20-5-7-44-8-6-20)9-25(26)38-28(43)22-14-35-27(42)10-23(22)30(32,33)34/h9-14,17-18,20H,5-8,15-16H2,1-4H3,(H,35,42)(H,38,43). The molecule has 0 aliphatic carbocycles. The zero-order chi connectivity index (χ0) is 31.8.